The molecule has 1 aromatic heterocycles. The number of fused-ring (bicyclic) bond motifs is 1. The lowest BCUT2D eigenvalue weighted by atomic mass is 9.94. The van der Waals surface area contributed by atoms with Gasteiger partial charge in [0.2, 0.25) is 5.91 Å². The Kier molecular flexibility index (Phi) is 8.07. The van der Waals surface area contributed by atoms with Crippen LogP contribution in [0.2, 0.25) is 0 Å². The van der Waals surface area contributed by atoms with Gasteiger partial charge in [-0.3, -0.25) is 14.2 Å². The number of aromatic nitrogens is 2. The van der Waals surface area contributed by atoms with E-state index in [9.17, 15) is 9.59 Å². The number of carbonyl (C=O) groups is 1. The summed E-state index contributed by atoms with van der Waals surface area (Å²) >= 11 is 0. The van der Waals surface area contributed by atoms with Crippen molar-refractivity contribution in [3.8, 4) is 11.4 Å². The number of benzene rings is 3. The van der Waals surface area contributed by atoms with Crippen LogP contribution in [0.15, 0.2) is 83.7 Å². The fourth-order valence-electron chi connectivity index (χ4n) is 4.82. The van der Waals surface area contributed by atoms with E-state index >= 15 is 0 Å². The van der Waals surface area contributed by atoms with E-state index in [0.717, 1.165) is 5.56 Å². The summed E-state index contributed by atoms with van der Waals surface area (Å²) in [4.78, 5) is 34.8. The average Bonchev–Trinajstić information content (AvgIpc) is 2.92. The SMILES string of the molecule is CCC(C(=O)N(CC(C)C)C(C)c1nc2ccccc2c(=O)n1-c1ccc(OC)cc1)c1ccccc1. The minimum Gasteiger partial charge on any atom is -0.497 e. The Morgan fingerprint density at radius 2 is 1.59 bits per heavy atom. The molecule has 0 aliphatic carbocycles. The standard InChI is InChI=1S/C31H35N3O3/c1-6-26(23-12-8-7-9-13-23)30(35)33(20-21(2)3)22(4)29-32-28-15-11-10-14-27(28)31(36)34(29)24-16-18-25(37-5)19-17-24/h7-19,21-22,26H,6,20H2,1-5H3. The number of ether oxygens (including phenoxy) is 1. The lowest BCUT2D eigenvalue weighted by Gasteiger charge is -2.34. The molecular weight excluding hydrogens is 462 g/mol. The highest BCUT2D eigenvalue weighted by atomic mass is 16.5. The minimum absolute atomic E-state index is 0.0404. The Morgan fingerprint density at radius 3 is 2.22 bits per heavy atom. The fourth-order valence-corrected chi connectivity index (χ4v) is 4.82. The normalized spacial score (nSPS) is 12.9. The monoisotopic (exact) mass is 497 g/mol. The van der Waals surface area contributed by atoms with Crippen LogP contribution in [0.3, 0.4) is 0 Å². The van der Waals surface area contributed by atoms with Crippen LogP contribution >= 0.6 is 0 Å². The summed E-state index contributed by atoms with van der Waals surface area (Å²) in [6.07, 6.45) is 0.681. The van der Waals surface area contributed by atoms with Crippen LogP contribution in [-0.2, 0) is 4.79 Å². The van der Waals surface area contributed by atoms with Crippen molar-refractivity contribution in [1.82, 2.24) is 14.5 Å². The quantitative estimate of drug-likeness (QED) is 0.279. The molecule has 2 unspecified atom stereocenters. The zero-order valence-corrected chi connectivity index (χ0v) is 22.2. The van der Waals surface area contributed by atoms with Crippen molar-refractivity contribution in [3.05, 3.63) is 101 Å². The predicted molar refractivity (Wildman–Crippen MR) is 148 cm³/mol. The minimum atomic E-state index is -0.438. The molecule has 0 aliphatic heterocycles. The van der Waals surface area contributed by atoms with E-state index in [0.29, 0.717) is 41.1 Å². The van der Waals surface area contributed by atoms with Crippen LogP contribution in [0.5, 0.6) is 5.75 Å². The van der Waals surface area contributed by atoms with Crippen LogP contribution in [0.4, 0.5) is 0 Å². The lowest BCUT2D eigenvalue weighted by Crippen LogP contribution is -2.41. The topological polar surface area (TPSA) is 64.4 Å². The van der Waals surface area contributed by atoms with Gasteiger partial charge < -0.3 is 9.64 Å². The third-order valence-electron chi connectivity index (χ3n) is 6.73. The smallest absolute Gasteiger partial charge is 0.266 e. The van der Waals surface area contributed by atoms with Crippen molar-refractivity contribution < 1.29 is 9.53 Å². The maximum atomic E-state index is 14.1. The summed E-state index contributed by atoms with van der Waals surface area (Å²) in [5.41, 5.74) is 2.13. The van der Waals surface area contributed by atoms with Crippen LogP contribution in [0.25, 0.3) is 16.6 Å². The largest absolute Gasteiger partial charge is 0.497 e. The van der Waals surface area contributed by atoms with Gasteiger partial charge in [-0.25, -0.2) is 4.98 Å². The summed E-state index contributed by atoms with van der Waals surface area (Å²) < 4.78 is 6.96. The third-order valence-corrected chi connectivity index (χ3v) is 6.73. The van der Waals surface area contributed by atoms with E-state index in [1.807, 2.05) is 91.5 Å². The number of hydrogen-bond acceptors (Lipinski definition) is 4. The number of hydrogen-bond donors (Lipinski definition) is 0. The Hall–Kier alpha value is -3.93. The molecule has 37 heavy (non-hydrogen) atoms. The second kappa shape index (κ2) is 11.4. The number of nitrogens with zero attached hydrogens (tertiary/aromatic N) is 3. The lowest BCUT2D eigenvalue weighted by molar-refractivity contribution is -0.136. The molecule has 6 nitrogen and oxygen atoms in total. The first kappa shape index (κ1) is 26.1. The number of rotatable bonds is 9. The van der Waals surface area contributed by atoms with Gasteiger partial charge in [-0.1, -0.05) is 63.2 Å². The molecule has 0 saturated heterocycles. The predicted octanol–water partition coefficient (Wildman–Crippen LogP) is 6.13. The molecule has 6 heteroatoms. The summed E-state index contributed by atoms with van der Waals surface area (Å²) in [5.74, 6) is 1.24. The Labute approximate surface area is 218 Å². The van der Waals surface area contributed by atoms with Crippen LogP contribution in [0, 0.1) is 5.92 Å². The van der Waals surface area contributed by atoms with E-state index in [2.05, 4.69) is 13.8 Å². The first-order chi connectivity index (χ1) is 17.8. The fraction of sp³-hybridized carbons (Fsp3) is 0.323. The zero-order chi connectivity index (χ0) is 26.5. The molecule has 0 fully saturated rings. The third kappa shape index (κ3) is 5.43. The molecular formula is C31H35N3O3. The highest BCUT2D eigenvalue weighted by molar-refractivity contribution is 5.84. The summed E-state index contributed by atoms with van der Waals surface area (Å²) in [7, 11) is 1.61. The highest BCUT2D eigenvalue weighted by Crippen LogP contribution is 2.30. The maximum Gasteiger partial charge on any atom is 0.266 e. The Bertz CT molecular complexity index is 1410. The van der Waals surface area contributed by atoms with Gasteiger partial charge in [-0.2, -0.15) is 0 Å². The Balaban J connectivity index is 1.88. The van der Waals surface area contributed by atoms with Crippen LogP contribution in [0.1, 0.15) is 57.5 Å². The average molecular weight is 498 g/mol. The molecule has 0 aliphatic rings. The molecule has 0 saturated carbocycles. The van der Waals surface area contributed by atoms with Crippen molar-refractivity contribution in [3.63, 3.8) is 0 Å². The van der Waals surface area contributed by atoms with E-state index in [-0.39, 0.29) is 23.3 Å². The second-order valence-corrected chi connectivity index (χ2v) is 9.76. The molecule has 0 spiro atoms. The number of amides is 1. The molecule has 4 rings (SSSR count). The van der Waals surface area contributed by atoms with Gasteiger partial charge in [0.1, 0.15) is 11.6 Å². The van der Waals surface area contributed by atoms with Crippen molar-refractivity contribution in [2.75, 3.05) is 13.7 Å². The van der Waals surface area contributed by atoms with Crippen molar-refractivity contribution in [1.29, 1.82) is 0 Å². The molecule has 2 atom stereocenters. The van der Waals surface area contributed by atoms with Crippen molar-refractivity contribution in [2.45, 2.75) is 46.1 Å². The van der Waals surface area contributed by atoms with Gasteiger partial charge in [-0.05, 0) is 61.2 Å². The molecule has 0 radical (unpaired) electrons. The number of methoxy groups -OCH3 is 1. The van der Waals surface area contributed by atoms with Gasteiger partial charge in [0, 0.05) is 6.54 Å². The van der Waals surface area contributed by atoms with E-state index in [4.69, 9.17) is 9.72 Å². The summed E-state index contributed by atoms with van der Waals surface area (Å²) in [6.45, 7) is 8.75. The second-order valence-electron chi connectivity index (χ2n) is 9.76. The highest BCUT2D eigenvalue weighted by Gasteiger charge is 2.31. The van der Waals surface area contributed by atoms with Crippen LogP contribution < -0.4 is 10.3 Å². The molecule has 0 bridgehead atoms. The number of para-hydroxylation sites is 1. The molecule has 4 aromatic rings. The number of carbonyl (C=O) groups excluding carboxylic acids is 1. The van der Waals surface area contributed by atoms with E-state index in [1.165, 1.54) is 0 Å². The van der Waals surface area contributed by atoms with Crippen LogP contribution in [-0.4, -0.2) is 34.0 Å². The summed E-state index contributed by atoms with van der Waals surface area (Å²) in [5, 5.41) is 0.534. The van der Waals surface area contributed by atoms with E-state index in [1.54, 1.807) is 17.7 Å². The Morgan fingerprint density at radius 1 is 0.946 bits per heavy atom. The van der Waals surface area contributed by atoms with Gasteiger partial charge in [0.25, 0.3) is 5.56 Å². The van der Waals surface area contributed by atoms with Gasteiger partial charge >= 0.3 is 0 Å². The summed E-state index contributed by atoms with van der Waals surface area (Å²) in [6, 6.07) is 24.2. The molecule has 3 aromatic carbocycles. The molecule has 0 N–H and O–H groups in total. The van der Waals surface area contributed by atoms with Crippen molar-refractivity contribution >= 4 is 16.8 Å². The van der Waals surface area contributed by atoms with Gasteiger partial charge in [0.15, 0.2) is 0 Å². The maximum absolute atomic E-state index is 14.1. The van der Waals surface area contributed by atoms with E-state index < -0.39 is 6.04 Å². The first-order valence-electron chi connectivity index (χ1n) is 12.9. The first-order valence-corrected chi connectivity index (χ1v) is 12.9. The van der Waals surface area contributed by atoms with Crippen molar-refractivity contribution in [2.24, 2.45) is 5.92 Å². The van der Waals surface area contributed by atoms with Gasteiger partial charge in [-0.15, -0.1) is 0 Å². The molecule has 1 amide bonds. The molecule has 1 heterocycles. The zero-order valence-electron chi connectivity index (χ0n) is 22.2. The van der Waals surface area contributed by atoms with Gasteiger partial charge in [0.05, 0.1) is 35.7 Å². The molecule has 192 valence electrons.